The molecule has 0 spiro atoms. The maximum atomic E-state index is 13.8. The maximum Gasteiger partial charge on any atom is 0.173 e. The van der Waals surface area contributed by atoms with Crippen LogP contribution >= 0.6 is 0 Å². The first kappa shape index (κ1) is 30.0. The van der Waals surface area contributed by atoms with Crippen LogP contribution < -0.4 is 0 Å². The lowest BCUT2D eigenvalue weighted by Crippen LogP contribution is -2.39. The zero-order valence-electron chi connectivity index (χ0n) is 23.5. The summed E-state index contributed by atoms with van der Waals surface area (Å²) in [6.07, 6.45) is 9.60. The normalized spacial score (nSPS) is 24.8. The molecule has 2 rings (SSSR count). The number of hydrogen-bond acceptors (Lipinski definition) is 3. The predicted molar refractivity (Wildman–Crippen MR) is 144 cm³/mol. The van der Waals surface area contributed by atoms with E-state index in [4.69, 9.17) is 0 Å². The number of rotatable bonds is 5. The largest absolute Gasteiger partial charge is 0.300 e. The van der Waals surface area contributed by atoms with Crippen LogP contribution in [-0.4, -0.2) is 17.3 Å². The van der Waals surface area contributed by atoms with Gasteiger partial charge in [-0.2, -0.15) is 0 Å². The van der Waals surface area contributed by atoms with Crippen LogP contribution in [0.4, 0.5) is 0 Å². The zero-order chi connectivity index (χ0) is 26.2. The van der Waals surface area contributed by atoms with Crippen LogP contribution in [0.2, 0.25) is 0 Å². The molecule has 2 atom stereocenters. The van der Waals surface area contributed by atoms with Crippen molar-refractivity contribution in [2.45, 2.75) is 114 Å². The monoisotopic (exact) mass is 468 g/mol. The molecular weight excluding hydrogens is 420 g/mol. The molecule has 2 unspecified atom stereocenters. The van der Waals surface area contributed by atoms with Crippen molar-refractivity contribution in [2.24, 2.45) is 17.3 Å². The van der Waals surface area contributed by atoms with Crippen LogP contribution in [0, 0.1) is 17.3 Å². The van der Waals surface area contributed by atoms with Crippen molar-refractivity contribution in [1.82, 2.24) is 0 Å². The highest BCUT2D eigenvalue weighted by Gasteiger charge is 2.42. The number of carbonyl (C=O) groups excluding carboxylic acids is 3. The molecule has 2 aliphatic carbocycles. The molecule has 3 heteroatoms. The van der Waals surface area contributed by atoms with Crippen LogP contribution in [-0.2, 0) is 14.4 Å². The Morgan fingerprint density at radius 1 is 1.00 bits per heavy atom. The van der Waals surface area contributed by atoms with E-state index < -0.39 is 5.92 Å². The van der Waals surface area contributed by atoms with Crippen molar-refractivity contribution in [3.63, 3.8) is 0 Å². The fraction of sp³-hybridized carbons (Fsp3) is 0.645. The van der Waals surface area contributed by atoms with E-state index in [9.17, 15) is 14.4 Å². The minimum atomic E-state index is -0.685. The van der Waals surface area contributed by atoms with Gasteiger partial charge in [-0.15, -0.1) is 0 Å². The lowest BCUT2D eigenvalue weighted by Gasteiger charge is -2.35. The predicted octanol–water partition coefficient (Wildman–Crippen LogP) is 8.30. The molecule has 0 radical (unpaired) electrons. The smallest absolute Gasteiger partial charge is 0.173 e. The molecule has 0 N–H and O–H groups in total. The van der Waals surface area contributed by atoms with Crippen molar-refractivity contribution in [2.75, 3.05) is 0 Å². The van der Waals surface area contributed by atoms with Crippen molar-refractivity contribution in [3.05, 3.63) is 45.6 Å². The van der Waals surface area contributed by atoms with Crippen LogP contribution in [0.25, 0.3) is 0 Å². The summed E-state index contributed by atoms with van der Waals surface area (Å²) in [5.41, 5.74) is 6.74. The highest BCUT2D eigenvalue weighted by Crippen LogP contribution is 2.43. The Labute approximate surface area is 208 Å². The Kier molecular flexibility index (Phi) is 11.6. The van der Waals surface area contributed by atoms with Crippen molar-refractivity contribution in [1.29, 1.82) is 0 Å². The zero-order valence-corrected chi connectivity index (χ0v) is 23.5. The second-order valence-corrected chi connectivity index (χ2v) is 11.3. The Morgan fingerprint density at radius 3 is 2.09 bits per heavy atom. The van der Waals surface area contributed by atoms with Gasteiger partial charge >= 0.3 is 0 Å². The summed E-state index contributed by atoms with van der Waals surface area (Å²) in [5, 5.41) is 0. The summed E-state index contributed by atoms with van der Waals surface area (Å²) >= 11 is 0. The molecule has 190 valence electrons. The number of Topliss-reactive ketones (excluding diaryl/α,β-unsaturated/α-hetero) is 3. The molecule has 1 fully saturated rings. The van der Waals surface area contributed by atoms with Crippen LogP contribution in [0.3, 0.4) is 0 Å². The minimum absolute atomic E-state index is 0.0143. The Balaban J connectivity index is 0.00000182. The van der Waals surface area contributed by atoms with Crippen LogP contribution in [0.15, 0.2) is 45.6 Å². The van der Waals surface area contributed by atoms with Gasteiger partial charge in [0.05, 0.1) is 12.3 Å². The second kappa shape index (κ2) is 13.2. The topological polar surface area (TPSA) is 51.2 Å². The molecule has 2 aliphatic rings. The number of fused-ring (bicyclic) bond motifs is 1. The third-order valence-electron chi connectivity index (χ3n) is 6.65. The first-order valence-corrected chi connectivity index (χ1v) is 13.1. The fourth-order valence-corrected chi connectivity index (χ4v) is 5.35. The van der Waals surface area contributed by atoms with Crippen LogP contribution in [0.1, 0.15) is 114 Å². The molecule has 0 bridgehead atoms. The number of carbonyl (C=O) groups is 3. The van der Waals surface area contributed by atoms with Gasteiger partial charge in [-0.05, 0) is 75.9 Å². The number of hydrogen-bond donors (Lipinski definition) is 0. The molecule has 1 saturated carbocycles. The van der Waals surface area contributed by atoms with E-state index in [0.29, 0.717) is 0 Å². The summed E-state index contributed by atoms with van der Waals surface area (Å²) in [6, 6.07) is 0. The SMILES string of the molecule is CCC.CCCC1CC2=C(C)C/C=C\C(C(C)(C)C)=C(\C)CC(C)=C2C(=O)C1C(=O)CC(C)=O. The molecular formula is C31H48O3. The second-order valence-electron chi connectivity index (χ2n) is 11.3. The standard InChI is InChI=1S/C28H40O3.C3H8/c1-9-11-21-16-22-17(2)12-10-13-23(28(6,7)8)18(3)14-19(4)25(22)27(31)26(21)24(30)15-20(5)29;1-3-2/h10,13,21,26H,9,11-12,14-16H2,1-8H3;3H2,1-2H3/b13-10-,22-17?,23-18+,25-19?;. The fourth-order valence-electron chi connectivity index (χ4n) is 5.35. The van der Waals surface area contributed by atoms with Gasteiger partial charge in [0.25, 0.3) is 0 Å². The van der Waals surface area contributed by atoms with E-state index in [2.05, 4.69) is 67.5 Å². The van der Waals surface area contributed by atoms with Gasteiger partial charge in [-0.3, -0.25) is 14.4 Å². The number of allylic oxidation sites excluding steroid dienone is 8. The van der Waals surface area contributed by atoms with Gasteiger partial charge in [0.1, 0.15) is 5.78 Å². The first-order chi connectivity index (χ1) is 15.8. The molecule has 0 aromatic carbocycles. The summed E-state index contributed by atoms with van der Waals surface area (Å²) < 4.78 is 0. The molecule has 0 amide bonds. The highest BCUT2D eigenvalue weighted by atomic mass is 16.2. The van der Waals surface area contributed by atoms with E-state index in [1.54, 1.807) is 0 Å². The van der Waals surface area contributed by atoms with Crippen molar-refractivity contribution >= 4 is 17.3 Å². The average Bonchev–Trinajstić information content (AvgIpc) is 2.69. The van der Waals surface area contributed by atoms with E-state index >= 15 is 0 Å². The van der Waals surface area contributed by atoms with E-state index in [1.807, 2.05) is 6.92 Å². The highest BCUT2D eigenvalue weighted by molar-refractivity contribution is 6.17. The van der Waals surface area contributed by atoms with Gasteiger partial charge in [0.15, 0.2) is 11.6 Å². The Bertz CT molecular complexity index is 899. The first-order valence-electron chi connectivity index (χ1n) is 13.1. The molecule has 34 heavy (non-hydrogen) atoms. The molecule has 3 nitrogen and oxygen atoms in total. The molecule has 0 heterocycles. The Morgan fingerprint density at radius 2 is 1.59 bits per heavy atom. The van der Waals surface area contributed by atoms with E-state index in [1.165, 1.54) is 30.1 Å². The van der Waals surface area contributed by atoms with Crippen molar-refractivity contribution in [3.8, 4) is 0 Å². The van der Waals surface area contributed by atoms with Gasteiger partial charge in [-0.1, -0.05) is 83.3 Å². The summed E-state index contributed by atoms with van der Waals surface area (Å²) in [5.74, 6) is -1.12. The Hall–Kier alpha value is -2.03. The lowest BCUT2D eigenvalue weighted by molar-refractivity contribution is -0.135. The van der Waals surface area contributed by atoms with Gasteiger partial charge < -0.3 is 0 Å². The summed E-state index contributed by atoms with van der Waals surface area (Å²) in [4.78, 5) is 38.5. The van der Waals surface area contributed by atoms with Crippen LogP contribution in [0.5, 0.6) is 0 Å². The minimum Gasteiger partial charge on any atom is -0.300 e. The lowest BCUT2D eigenvalue weighted by atomic mass is 9.66. The number of ketones is 3. The summed E-state index contributed by atoms with van der Waals surface area (Å²) in [7, 11) is 0. The molecule has 0 aliphatic heterocycles. The maximum absolute atomic E-state index is 13.8. The van der Waals surface area contributed by atoms with Gasteiger partial charge in [0.2, 0.25) is 0 Å². The third kappa shape index (κ3) is 7.75. The van der Waals surface area contributed by atoms with E-state index in [0.717, 1.165) is 48.8 Å². The average molecular weight is 469 g/mol. The third-order valence-corrected chi connectivity index (χ3v) is 6.65. The molecule has 0 saturated heterocycles. The van der Waals surface area contributed by atoms with Gasteiger partial charge in [-0.25, -0.2) is 0 Å². The molecule has 0 aromatic heterocycles. The van der Waals surface area contributed by atoms with Crippen molar-refractivity contribution < 1.29 is 14.4 Å². The van der Waals surface area contributed by atoms with E-state index in [-0.39, 0.29) is 35.1 Å². The molecule has 0 aromatic rings. The quantitative estimate of drug-likeness (QED) is 0.381. The summed E-state index contributed by atoms with van der Waals surface area (Å²) in [6.45, 7) is 20.7. The van der Waals surface area contributed by atoms with Gasteiger partial charge in [0, 0.05) is 5.57 Å².